The fourth-order valence-corrected chi connectivity index (χ4v) is 7.24. The number of amides is 4. The smallest absolute Gasteiger partial charge is 0.257 e. The van der Waals surface area contributed by atoms with Gasteiger partial charge in [-0.15, -0.1) is 23.2 Å². The lowest BCUT2D eigenvalue weighted by molar-refractivity contribution is -0.173. The van der Waals surface area contributed by atoms with Crippen LogP contribution < -0.4 is 0 Å². The molecule has 6 atom stereocenters. The molecular formula is C21H17BrCl2N2O6. The van der Waals surface area contributed by atoms with Gasteiger partial charge in [-0.1, -0.05) is 39.7 Å². The molecule has 0 aromatic heterocycles. The van der Waals surface area contributed by atoms with Gasteiger partial charge in [-0.25, -0.2) is 0 Å². The Balaban J connectivity index is 1.75. The second kappa shape index (κ2) is 7.03. The summed E-state index contributed by atoms with van der Waals surface area (Å²) in [5.74, 6) is -6.26. The normalized spacial score (nSPS) is 38.6. The van der Waals surface area contributed by atoms with Crippen LogP contribution in [0, 0.1) is 17.8 Å². The Morgan fingerprint density at radius 2 is 1.81 bits per heavy atom. The summed E-state index contributed by atoms with van der Waals surface area (Å²) in [6.07, 6.45) is 1.77. The first kappa shape index (κ1) is 21.9. The Morgan fingerprint density at radius 3 is 2.47 bits per heavy atom. The summed E-state index contributed by atoms with van der Waals surface area (Å²) in [6, 6.07) is 6.14. The fraction of sp³-hybridized carbons (Fsp3) is 0.429. The molecule has 1 aromatic carbocycles. The largest absolute Gasteiger partial charge is 0.508 e. The third-order valence-electron chi connectivity index (χ3n) is 7.20. The average molecular weight is 544 g/mol. The number of carbonyl (C=O) groups excluding carboxylic acids is 4. The van der Waals surface area contributed by atoms with E-state index < -0.39 is 57.0 Å². The lowest BCUT2D eigenvalue weighted by atomic mass is 9.56. The van der Waals surface area contributed by atoms with Crippen LogP contribution in [0.2, 0.25) is 0 Å². The summed E-state index contributed by atoms with van der Waals surface area (Å²) >= 11 is 17.1. The molecule has 2 heterocycles. The van der Waals surface area contributed by atoms with Crippen molar-refractivity contribution < 1.29 is 29.5 Å². The number of hydroxylamine groups is 2. The number of benzene rings is 1. The predicted molar refractivity (Wildman–Crippen MR) is 115 cm³/mol. The van der Waals surface area contributed by atoms with E-state index in [4.69, 9.17) is 23.2 Å². The third-order valence-corrected chi connectivity index (χ3v) is 9.11. The molecule has 0 radical (unpaired) electrons. The van der Waals surface area contributed by atoms with E-state index in [1.807, 2.05) is 0 Å². The van der Waals surface area contributed by atoms with Crippen molar-refractivity contribution in [2.24, 2.45) is 17.8 Å². The first-order valence-electron chi connectivity index (χ1n) is 9.93. The van der Waals surface area contributed by atoms with Gasteiger partial charge in [0.25, 0.3) is 23.6 Å². The minimum Gasteiger partial charge on any atom is -0.508 e. The van der Waals surface area contributed by atoms with Gasteiger partial charge in [0.15, 0.2) is 9.75 Å². The number of hydrogen-bond acceptors (Lipinski definition) is 6. The number of fused-ring (bicyclic) bond motifs is 4. The van der Waals surface area contributed by atoms with E-state index in [-0.39, 0.29) is 29.1 Å². The Bertz CT molecular complexity index is 1130. The van der Waals surface area contributed by atoms with Gasteiger partial charge in [-0.05, 0) is 36.5 Å². The minimum absolute atomic E-state index is 0.0675. The Morgan fingerprint density at radius 1 is 1.09 bits per heavy atom. The van der Waals surface area contributed by atoms with Gasteiger partial charge < -0.3 is 5.11 Å². The number of phenols is 1. The zero-order chi connectivity index (χ0) is 23.2. The van der Waals surface area contributed by atoms with Crippen molar-refractivity contribution in [1.29, 1.82) is 0 Å². The lowest BCUT2D eigenvalue weighted by Gasteiger charge is -2.50. The molecule has 8 nitrogen and oxygen atoms in total. The SMILES string of the molecule is O=C1[C@H]2[C@H](CC=C3[C@H]2C[C@@]2(Cl)C(=O)N(CBr)C(=O)[C@@]2(Cl)[C@H]3c2cccc(O)c2)C(=O)N1O. The van der Waals surface area contributed by atoms with Gasteiger partial charge in [0, 0.05) is 5.92 Å². The predicted octanol–water partition coefficient (Wildman–Crippen LogP) is 2.49. The number of alkyl halides is 3. The topological polar surface area (TPSA) is 115 Å². The maximum Gasteiger partial charge on any atom is 0.257 e. The van der Waals surface area contributed by atoms with E-state index in [2.05, 4.69) is 15.9 Å². The van der Waals surface area contributed by atoms with Crippen molar-refractivity contribution in [3.63, 3.8) is 0 Å². The molecule has 32 heavy (non-hydrogen) atoms. The highest BCUT2D eigenvalue weighted by atomic mass is 79.9. The number of phenolic OH excluding ortho intramolecular Hbond substituents is 1. The van der Waals surface area contributed by atoms with Gasteiger partial charge in [-0.2, -0.15) is 5.06 Å². The average Bonchev–Trinajstić information content (AvgIpc) is 3.06. The first-order valence-corrected chi connectivity index (χ1v) is 11.8. The second-order valence-corrected chi connectivity index (χ2v) is 10.3. The molecule has 0 bridgehead atoms. The fourth-order valence-electron chi connectivity index (χ4n) is 5.81. The Labute approximate surface area is 200 Å². The van der Waals surface area contributed by atoms with Crippen LogP contribution in [0.5, 0.6) is 5.75 Å². The molecule has 2 aliphatic heterocycles. The highest BCUT2D eigenvalue weighted by Gasteiger charge is 2.76. The van der Waals surface area contributed by atoms with Gasteiger partial charge in [-0.3, -0.25) is 29.3 Å². The first-order chi connectivity index (χ1) is 15.1. The molecule has 1 aromatic rings. The van der Waals surface area contributed by atoms with Crippen LogP contribution in [0.1, 0.15) is 24.3 Å². The highest BCUT2D eigenvalue weighted by Crippen LogP contribution is 2.65. The zero-order valence-electron chi connectivity index (χ0n) is 16.4. The van der Waals surface area contributed by atoms with Crippen molar-refractivity contribution in [2.45, 2.75) is 28.5 Å². The summed E-state index contributed by atoms with van der Waals surface area (Å²) in [4.78, 5) is 49.1. The molecule has 0 unspecified atom stereocenters. The van der Waals surface area contributed by atoms with Crippen LogP contribution in [0.15, 0.2) is 35.9 Å². The molecule has 2 aliphatic carbocycles. The quantitative estimate of drug-likeness (QED) is 0.195. The van der Waals surface area contributed by atoms with E-state index in [0.717, 1.165) is 4.90 Å². The molecule has 1 saturated carbocycles. The summed E-state index contributed by atoms with van der Waals surface area (Å²) in [7, 11) is 0. The summed E-state index contributed by atoms with van der Waals surface area (Å²) < 4.78 is 0. The Hall–Kier alpha value is -1.94. The van der Waals surface area contributed by atoms with E-state index in [0.29, 0.717) is 11.1 Å². The van der Waals surface area contributed by atoms with E-state index in [9.17, 15) is 29.5 Å². The van der Waals surface area contributed by atoms with E-state index >= 15 is 0 Å². The zero-order valence-corrected chi connectivity index (χ0v) is 19.5. The number of hydrogen-bond donors (Lipinski definition) is 2. The van der Waals surface area contributed by atoms with Crippen LogP contribution in [0.3, 0.4) is 0 Å². The van der Waals surface area contributed by atoms with Crippen molar-refractivity contribution in [3.05, 3.63) is 41.5 Å². The van der Waals surface area contributed by atoms with Crippen LogP contribution in [-0.2, 0) is 19.2 Å². The monoisotopic (exact) mass is 542 g/mol. The van der Waals surface area contributed by atoms with Gasteiger partial charge in [0.05, 0.1) is 17.3 Å². The van der Waals surface area contributed by atoms with Crippen molar-refractivity contribution in [1.82, 2.24) is 9.96 Å². The molecular weight excluding hydrogens is 527 g/mol. The number of halogens is 3. The molecule has 168 valence electrons. The van der Waals surface area contributed by atoms with Crippen LogP contribution in [-0.4, -0.2) is 59.1 Å². The number of nitrogens with zero attached hydrogens (tertiary/aromatic N) is 2. The van der Waals surface area contributed by atoms with Gasteiger partial charge >= 0.3 is 0 Å². The molecule has 3 fully saturated rings. The standard InChI is InChI=1S/C21H17BrCl2N2O6/c22-8-25-18(30)20(23)7-13-11(4-5-12-14(13)17(29)26(32)16(12)28)15(21(20,24)19(25)31)9-2-1-3-10(27)6-9/h1-4,6,12-15,27,32H,5,7-8H2/t12-,13+,14-,15-,20+,21-/m0/s1. The molecule has 4 aliphatic rings. The number of likely N-dealkylation sites (tertiary alicyclic amines) is 1. The third kappa shape index (κ3) is 2.48. The molecule has 0 spiro atoms. The summed E-state index contributed by atoms with van der Waals surface area (Å²) in [6.45, 7) is 0. The van der Waals surface area contributed by atoms with Crippen molar-refractivity contribution in [2.75, 3.05) is 5.45 Å². The molecule has 2 N–H and O–H groups in total. The van der Waals surface area contributed by atoms with Crippen LogP contribution in [0.4, 0.5) is 0 Å². The van der Waals surface area contributed by atoms with E-state index in [1.54, 1.807) is 18.2 Å². The number of aromatic hydroxyl groups is 1. The number of allylic oxidation sites excluding steroid dienone is 2. The van der Waals surface area contributed by atoms with Crippen LogP contribution >= 0.6 is 39.1 Å². The van der Waals surface area contributed by atoms with Gasteiger partial charge in [0.2, 0.25) is 0 Å². The van der Waals surface area contributed by atoms with Crippen molar-refractivity contribution >= 4 is 62.8 Å². The molecule has 4 amide bonds. The minimum atomic E-state index is -1.91. The molecule has 11 heteroatoms. The summed E-state index contributed by atoms with van der Waals surface area (Å²) in [5.41, 5.74) is 0.935. The second-order valence-electron chi connectivity index (χ2n) is 8.57. The Kier molecular flexibility index (Phi) is 4.81. The number of rotatable bonds is 2. The van der Waals surface area contributed by atoms with Crippen LogP contribution in [0.25, 0.3) is 0 Å². The number of carbonyl (C=O) groups is 4. The highest BCUT2D eigenvalue weighted by molar-refractivity contribution is 9.09. The molecule has 5 rings (SSSR count). The van der Waals surface area contributed by atoms with Crippen molar-refractivity contribution in [3.8, 4) is 5.75 Å². The summed E-state index contributed by atoms with van der Waals surface area (Å²) in [5, 5.41) is 20.2. The van der Waals surface area contributed by atoms with Gasteiger partial charge in [0.1, 0.15) is 5.75 Å². The number of imide groups is 2. The lowest BCUT2D eigenvalue weighted by Crippen LogP contribution is -2.60. The van der Waals surface area contributed by atoms with E-state index in [1.165, 1.54) is 12.1 Å². The maximum atomic E-state index is 13.4. The molecule has 2 saturated heterocycles. The maximum absolute atomic E-state index is 13.4.